The molecule has 0 bridgehead atoms. The zero-order chi connectivity index (χ0) is 39.0. The Kier molecular flexibility index (Phi) is 9.02. The van der Waals surface area contributed by atoms with Gasteiger partial charge in [-0.2, -0.15) is 0 Å². The first-order valence-electron chi connectivity index (χ1n) is 17.8. The maximum atomic E-state index is 16.3. The van der Waals surface area contributed by atoms with Crippen molar-refractivity contribution in [3.63, 3.8) is 0 Å². The molecular weight excluding hydrogens is 727 g/mol. The van der Waals surface area contributed by atoms with Crippen molar-refractivity contribution < 1.29 is 17.6 Å². The van der Waals surface area contributed by atoms with Crippen LogP contribution in [0.5, 0.6) is 0 Å². The summed E-state index contributed by atoms with van der Waals surface area (Å²) in [4.78, 5) is 30.9. The number of benzene rings is 5. The molecule has 0 saturated heterocycles. The second-order valence-corrected chi connectivity index (χ2v) is 13.1. The number of aliphatic imine (C=N–C) groups is 3. The van der Waals surface area contributed by atoms with Crippen LogP contribution in [0.2, 0.25) is 0 Å². The van der Waals surface area contributed by atoms with Crippen LogP contribution in [0.25, 0.3) is 65.9 Å². The number of halogens is 4. The predicted octanol–water partition coefficient (Wildman–Crippen LogP) is 10.9. The highest BCUT2D eigenvalue weighted by atomic mass is 19.1. The van der Waals surface area contributed by atoms with Gasteiger partial charge in [0.2, 0.25) is 0 Å². The minimum atomic E-state index is -0.897. The van der Waals surface area contributed by atoms with Gasteiger partial charge in [-0.1, -0.05) is 66.7 Å². The van der Waals surface area contributed by atoms with Crippen LogP contribution in [0.4, 0.5) is 17.6 Å². The lowest BCUT2D eigenvalue weighted by molar-refractivity contribution is 0.588. The smallest absolute Gasteiger partial charge is 0.161 e. The molecule has 7 nitrogen and oxygen atoms in total. The van der Waals surface area contributed by atoms with Crippen molar-refractivity contribution in [2.75, 3.05) is 0 Å². The summed E-state index contributed by atoms with van der Waals surface area (Å²) in [6, 6.07) is 31.2. The molecule has 0 N–H and O–H groups in total. The number of nitrogens with zero attached hydrogens (tertiary/aromatic N) is 7. The molecule has 11 heteroatoms. The number of rotatable bonds is 6. The maximum Gasteiger partial charge on any atom is 0.161 e. The Balaban J connectivity index is 1.14. The standard InChI is InChI=1S/C46H27F4N7/c1-51-45(29-21-35(47)39(36(48)22-29)31-15-19-54-43-33(31)13-11-27-9-5-17-52-41(27)43)57-46(56-25-26-7-3-2-4-8-26)30-23-37(49)40(38(50)24-30)32-16-20-55-44-34(32)14-12-28-10-6-18-53-42(28)44/h2-24H,1,25H2. The van der Waals surface area contributed by atoms with E-state index in [-0.39, 0.29) is 51.6 Å². The van der Waals surface area contributed by atoms with Crippen LogP contribution >= 0.6 is 0 Å². The lowest BCUT2D eigenvalue weighted by Gasteiger charge is -2.13. The normalized spacial score (nSPS) is 12.2. The molecule has 4 heterocycles. The Morgan fingerprint density at radius 2 is 0.965 bits per heavy atom. The van der Waals surface area contributed by atoms with Crippen molar-refractivity contribution in [3.05, 3.63) is 180 Å². The van der Waals surface area contributed by atoms with E-state index >= 15 is 17.6 Å². The number of pyridine rings is 4. The van der Waals surface area contributed by atoms with Crippen LogP contribution < -0.4 is 0 Å². The summed E-state index contributed by atoms with van der Waals surface area (Å²) in [5, 5.41) is 2.69. The summed E-state index contributed by atoms with van der Waals surface area (Å²) in [5.74, 6) is -3.92. The van der Waals surface area contributed by atoms with Gasteiger partial charge in [-0.25, -0.2) is 27.5 Å². The van der Waals surface area contributed by atoms with Crippen LogP contribution in [-0.2, 0) is 6.54 Å². The molecule has 0 amide bonds. The van der Waals surface area contributed by atoms with E-state index in [4.69, 9.17) is 0 Å². The van der Waals surface area contributed by atoms with Crippen LogP contribution in [0.15, 0.2) is 155 Å². The molecule has 0 aliphatic heterocycles. The molecule has 0 radical (unpaired) electrons. The zero-order valence-electron chi connectivity index (χ0n) is 29.8. The number of hydrogen-bond acceptors (Lipinski definition) is 5. The fourth-order valence-corrected chi connectivity index (χ4v) is 7.10. The molecule has 274 valence electrons. The van der Waals surface area contributed by atoms with Crippen LogP contribution in [0.3, 0.4) is 0 Å². The van der Waals surface area contributed by atoms with E-state index in [1.54, 1.807) is 42.7 Å². The van der Waals surface area contributed by atoms with Crippen LogP contribution in [-0.4, -0.2) is 38.3 Å². The number of aromatic nitrogens is 4. The lowest BCUT2D eigenvalue weighted by Crippen LogP contribution is -2.08. The molecule has 0 aliphatic rings. The van der Waals surface area contributed by atoms with Crippen molar-refractivity contribution >= 4 is 62.0 Å². The molecule has 9 rings (SSSR count). The SMILES string of the molecule is C=NC(=NC(=NCc1ccccc1)c1cc(F)c(-c2ccnc3c2ccc2cccnc23)c(F)c1)c1cc(F)c(-c2ccnc3c2ccc2cccnc23)c(F)c1. The molecule has 57 heavy (non-hydrogen) atoms. The zero-order valence-corrected chi connectivity index (χ0v) is 29.8. The molecule has 0 unspecified atom stereocenters. The van der Waals surface area contributed by atoms with Gasteiger partial charge in [0.15, 0.2) is 11.7 Å². The maximum absolute atomic E-state index is 16.3. The van der Waals surface area contributed by atoms with E-state index in [9.17, 15) is 0 Å². The van der Waals surface area contributed by atoms with Gasteiger partial charge in [0, 0.05) is 57.5 Å². The van der Waals surface area contributed by atoms with E-state index in [0.29, 0.717) is 32.8 Å². The highest BCUT2D eigenvalue weighted by Crippen LogP contribution is 2.37. The Morgan fingerprint density at radius 1 is 0.491 bits per heavy atom. The Bertz CT molecular complexity index is 3080. The minimum Gasteiger partial charge on any atom is -0.261 e. The third-order valence-electron chi connectivity index (χ3n) is 9.72. The van der Waals surface area contributed by atoms with Gasteiger partial charge in [-0.3, -0.25) is 24.9 Å². The molecule has 9 aromatic rings. The summed E-state index contributed by atoms with van der Waals surface area (Å²) in [6.45, 7) is 3.67. The topological polar surface area (TPSA) is 88.6 Å². The van der Waals surface area contributed by atoms with Gasteiger partial charge in [-0.15, -0.1) is 0 Å². The van der Waals surface area contributed by atoms with Crippen molar-refractivity contribution in [1.82, 2.24) is 19.9 Å². The van der Waals surface area contributed by atoms with Gasteiger partial charge in [0.1, 0.15) is 23.3 Å². The van der Waals surface area contributed by atoms with Crippen LogP contribution in [0.1, 0.15) is 16.7 Å². The van der Waals surface area contributed by atoms with Crippen molar-refractivity contribution in [2.24, 2.45) is 15.0 Å². The number of amidine groups is 2. The quantitative estimate of drug-likeness (QED) is 0.0732. The van der Waals surface area contributed by atoms with Gasteiger partial charge < -0.3 is 0 Å². The third kappa shape index (κ3) is 6.44. The molecule has 5 aromatic carbocycles. The van der Waals surface area contributed by atoms with E-state index in [1.807, 2.05) is 54.6 Å². The highest BCUT2D eigenvalue weighted by Gasteiger charge is 2.22. The predicted molar refractivity (Wildman–Crippen MR) is 218 cm³/mol. The van der Waals surface area contributed by atoms with Gasteiger partial charge >= 0.3 is 0 Å². The largest absolute Gasteiger partial charge is 0.261 e. The first-order valence-corrected chi connectivity index (χ1v) is 17.8. The molecule has 0 aliphatic carbocycles. The molecule has 0 atom stereocenters. The van der Waals surface area contributed by atoms with E-state index in [2.05, 4.69) is 41.6 Å². The Labute approximate surface area is 322 Å². The third-order valence-corrected chi connectivity index (χ3v) is 9.72. The lowest BCUT2D eigenvalue weighted by atomic mass is 9.97. The summed E-state index contributed by atoms with van der Waals surface area (Å²) in [6.07, 6.45) is 6.23. The average molecular weight is 754 g/mol. The summed E-state index contributed by atoms with van der Waals surface area (Å²) >= 11 is 0. The van der Waals surface area contributed by atoms with Crippen molar-refractivity contribution in [3.8, 4) is 22.3 Å². The first kappa shape index (κ1) is 35.2. The first-order chi connectivity index (χ1) is 27.9. The fourth-order valence-electron chi connectivity index (χ4n) is 7.10. The minimum absolute atomic E-state index is 0.0297. The van der Waals surface area contributed by atoms with Crippen molar-refractivity contribution in [2.45, 2.75) is 6.54 Å². The molecular formula is C46H27F4N7. The Hall–Kier alpha value is -7.53. The van der Waals surface area contributed by atoms with Gasteiger partial charge in [-0.05, 0) is 71.9 Å². The van der Waals surface area contributed by atoms with Gasteiger partial charge in [0.25, 0.3) is 0 Å². The van der Waals surface area contributed by atoms with E-state index < -0.39 is 23.3 Å². The Morgan fingerprint density at radius 3 is 1.46 bits per heavy atom. The highest BCUT2D eigenvalue weighted by molar-refractivity contribution is 6.14. The summed E-state index contributed by atoms with van der Waals surface area (Å²) in [7, 11) is 0. The summed E-state index contributed by atoms with van der Waals surface area (Å²) < 4.78 is 64.9. The second-order valence-electron chi connectivity index (χ2n) is 13.1. The monoisotopic (exact) mass is 753 g/mol. The van der Waals surface area contributed by atoms with Gasteiger partial charge in [0.05, 0.1) is 39.7 Å². The molecule has 0 fully saturated rings. The number of fused-ring (bicyclic) bond motifs is 6. The summed E-state index contributed by atoms with van der Waals surface area (Å²) in [5.41, 5.74) is 2.89. The molecule has 0 saturated carbocycles. The molecule has 0 spiro atoms. The van der Waals surface area contributed by atoms with E-state index in [0.717, 1.165) is 40.6 Å². The molecule has 4 aromatic heterocycles. The van der Waals surface area contributed by atoms with E-state index in [1.165, 1.54) is 18.5 Å². The fraction of sp³-hybridized carbons (Fsp3) is 0.0217. The second kappa shape index (κ2) is 14.6. The number of hydrogen-bond donors (Lipinski definition) is 0. The van der Waals surface area contributed by atoms with Crippen LogP contribution in [0, 0.1) is 23.3 Å². The van der Waals surface area contributed by atoms with Crippen molar-refractivity contribution in [1.29, 1.82) is 0 Å². The average Bonchev–Trinajstić information content (AvgIpc) is 3.23.